The number of hydrogen-bond acceptors (Lipinski definition) is 2. The second-order valence-corrected chi connectivity index (χ2v) is 1.36. The predicted octanol–water partition coefficient (Wildman–Crippen LogP) is -0.551. The Morgan fingerprint density at radius 2 is 1.78 bits per heavy atom. The summed E-state index contributed by atoms with van der Waals surface area (Å²) in [6, 6.07) is 0. The van der Waals surface area contributed by atoms with Crippen LogP contribution in [-0.2, 0) is 9.59 Å². The molecule has 0 unspecified atom stereocenters. The molecular weight excluding hydrogens is 142 g/mol. The van der Waals surface area contributed by atoms with Crippen LogP contribution in [0, 0.1) is 0 Å². The average molecular weight is 151 g/mol. The zero-order chi connectivity index (χ0) is 6.57. The highest BCUT2D eigenvalue weighted by atomic mass is 32.1. The number of carboxylic acid groups (broad SMARTS) is 1. The first-order chi connectivity index (χ1) is 3.63. The molecule has 0 atom stereocenters. The zero-order valence-electron chi connectivity index (χ0n) is 4.76. The number of primary amides is 1. The van der Waals surface area contributed by atoms with E-state index in [4.69, 9.17) is 5.11 Å². The lowest BCUT2D eigenvalue weighted by Gasteiger charge is -1.86. The number of amides is 1. The van der Waals surface area contributed by atoms with E-state index in [0.29, 0.717) is 0 Å². The second-order valence-electron chi connectivity index (χ2n) is 1.36. The largest absolute Gasteiger partial charge is 0.481 e. The molecule has 5 heteroatoms. The van der Waals surface area contributed by atoms with Crippen molar-refractivity contribution in [2.45, 2.75) is 12.8 Å². The molecule has 0 spiro atoms. The van der Waals surface area contributed by atoms with E-state index in [0.717, 1.165) is 0 Å². The minimum absolute atomic E-state index is 0. The Balaban J connectivity index is 0. The van der Waals surface area contributed by atoms with Crippen molar-refractivity contribution >= 4 is 25.4 Å². The summed E-state index contributed by atoms with van der Waals surface area (Å²) in [5.41, 5.74) is 4.64. The molecule has 0 aromatic rings. The number of carbonyl (C=O) groups excluding carboxylic acids is 1. The van der Waals surface area contributed by atoms with E-state index >= 15 is 0 Å². The van der Waals surface area contributed by atoms with Gasteiger partial charge >= 0.3 is 5.97 Å². The number of carboxylic acids is 1. The fraction of sp³-hybridized carbons (Fsp3) is 0.500. The van der Waals surface area contributed by atoms with Crippen LogP contribution in [0.1, 0.15) is 12.8 Å². The summed E-state index contributed by atoms with van der Waals surface area (Å²) in [6.45, 7) is 0. The number of rotatable bonds is 3. The van der Waals surface area contributed by atoms with Gasteiger partial charge in [0.15, 0.2) is 0 Å². The average Bonchev–Trinajstić information content (AvgIpc) is 1.61. The molecule has 0 aliphatic carbocycles. The van der Waals surface area contributed by atoms with Crippen molar-refractivity contribution in [2.24, 2.45) is 5.73 Å². The lowest BCUT2D eigenvalue weighted by atomic mass is 10.3. The lowest BCUT2D eigenvalue weighted by molar-refractivity contribution is -0.138. The van der Waals surface area contributed by atoms with Crippen LogP contribution in [-0.4, -0.2) is 17.0 Å². The molecule has 0 saturated carbocycles. The number of aliphatic carboxylic acids is 1. The van der Waals surface area contributed by atoms with Crippen LogP contribution in [0.25, 0.3) is 0 Å². The Bertz CT molecular complexity index is 100. The molecule has 0 radical (unpaired) electrons. The molecule has 3 N–H and O–H groups in total. The Morgan fingerprint density at radius 1 is 1.33 bits per heavy atom. The minimum atomic E-state index is -0.996. The smallest absolute Gasteiger partial charge is 0.303 e. The van der Waals surface area contributed by atoms with E-state index in [9.17, 15) is 9.59 Å². The summed E-state index contributed by atoms with van der Waals surface area (Å²) in [5, 5.41) is 7.95. The maximum atomic E-state index is 9.86. The summed E-state index contributed by atoms with van der Waals surface area (Å²) in [4.78, 5) is 19.6. The van der Waals surface area contributed by atoms with Crippen molar-refractivity contribution in [3.8, 4) is 0 Å². The van der Waals surface area contributed by atoms with Gasteiger partial charge in [0, 0.05) is 6.42 Å². The third kappa shape index (κ3) is 11.1. The highest BCUT2D eigenvalue weighted by molar-refractivity contribution is 7.59. The quantitative estimate of drug-likeness (QED) is 0.568. The maximum Gasteiger partial charge on any atom is 0.303 e. The summed E-state index contributed by atoms with van der Waals surface area (Å²) < 4.78 is 0. The van der Waals surface area contributed by atoms with Gasteiger partial charge in [0.2, 0.25) is 5.91 Å². The van der Waals surface area contributed by atoms with E-state index in [2.05, 4.69) is 5.73 Å². The molecule has 9 heavy (non-hydrogen) atoms. The molecule has 0 aliphatic rings. The van der Waals surface area contributed by atoms with Gasteiger partial charge < -0.3 is 10.8 Å². The highest BCUT2D eigenvalue weighted by Crippen LogP contribution is 1.84. The first-order valence-electron chi connectivity index (χ1n) is 2.13. The van der Waals surface area contributed by atoms with Crippen molar-refractivity contribution < 1.29 is 14.7 Å². The molecule has 0 aromatic heterocycles. The van der Waals surface area contributed by atoms with Crippen LogP contribution in [0.3, 0.4) is 0 Å². The number of nitrogens with two attached hydrogens (primary N) is 1. The van der Waals surface area contributed by atoms with Crippen LogP contribution >= 0.6 is 13.5 Å². The van der Waals surface area contributed by atoms with E-state index in [1.54, 1.807) is 0 Å². The first-order valence-corrected chi connectivity index (χ1v) is 2.13. The Kier molecular flexibility index (Phi) is 6.71. The summed E-state index contributed by atoms with van der Waals surface area (Å²) in [6.07, 6.45) is -0.245. The van der Waals surface area contributed by atoms with Crippen molar-refractivity contribution in [3.63, 3.8) is 0 Å². The number of hydrogen-bond donors (Lipinski definition) is 2. The van der Waals surface area contributed by atoms with Crippen LogP contribution in [0.5, 0.6) is 0 Å². The maximum absolute atomic E-state index is 9.86. The van der Waals surface area contributed by atoms with E-state index < -0.39 is 11.9 Å². The van der Waals surface area contributed by atoms with Crippen molar-refractivity contribution in [2.75, 3.05) is 0 Å². The molecule has 0 rings (SSSR count). The third-order valence-corrected chi connectivity index (χ3v) is 0.585. The van der Waals surface area contributed by atoms with Crippen molar-refractivity contribution in [3.05, 3.63) is 0 Å². The zero-order valence-corrected chi connectivity index (χ0v) is 5.76. The normalized spacial score (nSPS) is 7.56. The fourth-order valence-corrected chi connectivity index (χ4v) is 0.230. The van der Waals surface area contributed by atoms with Gasteiger partial charge in [-0.2, -0.15) is 13.5 Å². The summed E-state index contributed by atoms with van der Waals surface area (Å²) in [7, 11) is 0. The molecule has 0 fully saturated rings. The van der Waals surface area contributed by atoms with Gasteiger partial charge in [-0.1, -0.05) is 0 Å². The molecule has 54 valence electrons. The number of carbonyl (C=O) groups is 2. The van der Waals surface area contributed by atoms with Gasteiger partial charge in [-0.25, -0.2) is 0 Å². The Hall–Kier alpha value is -0.710. The molecular formula is C4H9NO3S. The van der Waals surface area contributed by atoms with Crippen LogP contribution in [0.4, 0.5) is 0 Å². The molecule has 0 aromatic carbocycles. The fourth-order valence-electron chi connectivity index (χ4n) is 0.230. The Labute approximate surface area is 59.5 Å². The summed E-state index contributed by atoms with van der Waals surface area (Å²) >= 11 is 0. The van der Waals surface area contributed by atoms with Gasteiger partial charge in [0.25, 0.3) is 0 Å². The van der Waals surface area contributed by atoms with Crippen LogP contribution < -0.4 is 5.73 Å². The van der Waals surface area contributed by atoms with Gasteiger partial charge in [-0.15, -0.1) is 0 Å². The van der Waals surface area contributed by atoms with E-state index in [1.807, 2.05) is 0 Å². The van der Waals surface area contributed by atoms with Gasteiger partial charge in [-0.3, -0.25) is 9.59 Å². The van der Waals surface area contributed by atoms with E-state index in [1.165, 1.54) is 0 Å². The SMILES string of the molecule is NC(=O)CCC(=O)O.S. The second kappa shape index (κ2) is 5.43. The first kappa shape index (κ1) is 11.1. The van der Waals surface area contributed by atoms with E-state index in [-0.39, 0.29) is 26.3 Å². The standard InChI is InChI=1S/C4H7NO3.H2S/c5-3(6)1-2-4(7)8;/h1-2H2,(H2,5,6)(H,7,8);1H2. The van der Waals surface area contributed by atoms with Crippen LogP contribution in [0.2, 0.25) is 0 Å². The third-order valence-electron chi connectivity index (χ3n) is 0.585. The topological polar surface area (TPSA) is 80.4 Å². The van der Waals surface area contributed by atoms with Crippen molar-refractivity contribution in [1.82, 2.24) is 0 Å². The molecule has 1 amide bonds. The predicted molar refractivity (Wildman–Crippen MR) is 36.4 cm³/mol. The lowest BCUT2D eigenvalue weighted by Crippen LogP contribution is -2.12. The molecule has 0 saturated heterocycles. The molecule has 0 bridgehead atoms. The molecule has 0 heterocycles. The van der Waals surface area contributed by atoms with Crippen LogP contribution in [0.15, 0.2) is 0 Å². The highest BCUT2D eigenvalue weighted by Gasteiger charge is 1.98. The molecule has 4 nitrogen and oxygen atoms in total. The van der Waals surface area contributed by atoms with Crippen molar-refractivity contribution in [1.29, 1.82) is 0 Å². The van der Waals surface area contributed by atoms with Gasteiger partial charge in [0.05, 0.1) is 6.42 Å². The Morgan fingerprint density at radius 3 is 1.89 bits per heavy atom. The molecule has 0 aliphatic heterocycles. The van der Waals surface area contributed by atoms with Gasteiger partial charge in [0.1, 0.15) is 0 Å². The van der Waals surface area contributed by atoms with Gasteiger partial charge in [-0.05, 0) is 0 Å². The monoisotopic (exact) mass is 151 g/mol. The minimum Gasteiger partial charge on any atom is -0.481 e. The summed E-state index contributed by atoms with van der Waals surface area (Å²) in [5.74, 6) is -1.57.